The zero-order valence-electron chi connectivity index (χ0n) is 6.46. The van der Waals surface area contributed by atoms with E-state index >= 15 is 0 Å². The highest BCUT2D eigenvalue weighted by Gasteiger charge is 2.28. The molecule has 3 nitrogen and oxygen atoms in total. The number of rotatable bonds is 1. The molecule has 66 valence electrons. The number of hydrogen-bond acceptors (Lipinski definition) is 2. The average Bonchev–Trinajstić information content (AvgIpc) is 1.85. The monoisotopic (exact) mass is 289 g/mol. The minimum Gasteiger partial charge on any atom is -0.212 e. The number of hydrogen-bond donors (Lipinski definition) is 0. The van der Waals surface area contributed by atoms with Crippen molar-refractivity contribution in [1.29, 1.82) is 0 Å². The lowest BCUT2D eigenvalue weighted by atomic mass is 10.3. The van der Waals surface area contributed by atoms with Gasteiger partial charge in [0.2, 0.25) is 10.0 Å². The number of nitrogens with zero attached hydrogens (tertiary/aromatic N) is 1. The highest BCUT2D eigenvalue weighted by Crippen LogP contribution is 2.19. The average molecular weight is 289 g/mol. The molecule has 11 heavy (non-hydrogen) atoms. The van der Waals surface area contributed by atoms with Gasteiger partial charge < -0.3 is 0 Å². The predicted molar refractivity (Wildman–Crippen MR) is 53.2 cm³/mol. The lowest BCUT2D eigenvalue weighted by Gasteiger charge is -2.28. The van der Waals surface area contributed by atoms with Crippen molar-refractivity contribution >= 4 is 32.6 Å². The summed E-state index contributed by atoms with van der Waals surface area (Å²) in [6.45, 7) is 2.61. The smallest absolute Gasteiger partial charge is 0.212 e. The van der Waals surface area contributed by atoms with E-state index in [1.807, 2.05) is 6.92 Å². The first-order valence-electron chi connectivity index (χ1n) is 3.67. The second-order valence-corrected chi connectivity index (χ2v) is 6.55. The first kappa shape index (κ1) is 9.73. The van der Waals surface area contributed by atoms with Gasteiger partial charge in [-0.15, -0.1) is 0 Å². The molecule has 0 N–H and O–H groups in total. The van der Waals surface area contributed by atoms with Crippen LogP contribution in [-0.4, -0.2) is 29.1 Å². The minimum atomic E-state index is -2.90. The first-order valence-corrected chi connectivity index (χ1v) is 6.53. The van der Waals surface area contributed by atoms with Crippen LogP contribution < -0.4 is 0 Å². The molecule has 0 bridgehead atoms. The van der Waals surface area contributed by atoms with Crippen LogP contribution in [0.4, 0.5) is 0 Å². The van der Waals surface area contributed by atoms with Crippen LogP contribution in [0.2, 0.25) is 0 Å². The zero-order valence-corrected chi connectivity index (χ0v) is 9.43. The van der Waals surface area contributed by atoms with E-state index in [4.69, 9.17) is 0 Å². The summed E-state index contributed by atoms with van der Waals surface area (Å²) >= 11 is 2.13. The summed E-state index contributed by atoms with van der Waals surface area (Å²) < 4.78 is 24.4. The Balaban J connectivity index is 2.76. The van der Waals surface area contributed by atoms with Crippen LogP contribution in [0.25, 0.3) is 0 Å². The Morgan fingerprint density at radius 2 is 2.09 bits per heavy atom. The highest BCUT2D eigenvalue weighted by atomic mass is 127. The normalized spacial score (nSPS) is 28.2. The Kier molecular flexibility index (Phi) is 3.16. The van der Waals surface area contributed by atoms with Crippen LogP contribution in [0.15, 0.2) is 0 Å². The number of alkyl halides is 1. The van der Waals surface area contributed by atoms with Gasteiger partial charge >= 0.3 is 0 Å². The van der Waals surface area contributed by atoms with Crippen molar-refractivity contribution < 1.29 is 8.42 Å². The molecule has 0 saturated carbocycles. The molecular formula is C6H12INO2S. The van der Waals surface area contributed by atoms with E-state index in [2.05, 4.69) is 22.6 Å². The molecule has 0 aliphatic carbocycles. The molecule has 1 saturated heterocycles. The molecule has 5 heteroatoms. The first-order chi connectivity index (χ1) is 5.04. The molecular weight excluding hydrogens is 277 g/mol. The van der Waals surface area contributed by atoms with Gasteiger partial charge in [-0.05, 0) is 19.8 Å². The van der Waals surface area contributed by atoms with Gasteiger partial charge in [-0.25, -0.2) is 8.42 Å². The van der Waals surface area contributed by atoms with Crippen molar-refractivity contribution in [3.8, 4) is 0 Å². The Bertz CT molecular complexity index is 225. The van der Waals surface area contributed by atoms with Gasteiger partial charge in [-0.2, -0.15) is 4.31 Å². The van der Waals surface area contributed by atoms with Gasteiger partial charge in [0, 0.05) is 6.54 Å². The van der Waals surface area contributed by atoms with Gasteiger partial charge in [0.1, 0.15) is 0 Å². The summed E-state index contributed by atoms with van der Waals surface area (Å²) in [7, 11) is -2.90. The van der Waals surface area contributed by atoms with Crippen LogP contribution in [0.1, 0.15) is 19.8 Å². The molecule has 0 aromatic heterocycles. The molecule has 1 atom stereocenters. The molecule has 1 aliphatic heterocycles. The summed E-state index contributed by atoms with van der Waals surface area (Å²) in [5.74, 6) is 0.334. The Hall–Kier alpha value is 0.640. The summed E-state index contributed by atoms with van der Waals surface area (Å²) in [5.41, 5.74) is 0. The summed E-state index contributed by atoms with van der Waals surface area (Å²) in [5, 5.41) is 0. The highest BCUT2D eigenvalue weighted by molar-refractivity contribution is 14.1. The Labute approximate surface area is 81.3 Å². The van der Waals surface area contributed by atoms with Crippen molar-refractivity contribution in [3.05, 3.63) is 0 Å². The fourth-order valence-electron chi connectivity index (χ4n) is 1.21. The van der Waals surface area contributed by atoms with Gasteiger partial charge in [-0.3, -0.25) is 0 Å². The van der Waals surface area contributed by atoms with Gasteiger partial charge in [0.25, 0.3) is 0 Å². The standard InChI is InChI=1S/C6H12INO2S/c1-6(7)8-4-2-3-5-11(8,9)10/h6H,2-5H2,1H3. The fourth-order valence-corrected chi connectivity index (χ4v) is 4.18. The van der Waals surface area contributed by atoms with Crippen molar-refractivity contribution in [2.45, 2.75) is 23.8 Å². The van der Waals surface area contributed by atoms with E-state index in [-0.39, 0.29) is 4.05 Å². The van der Waals surface area contributed by atoms with Crippen LogP contribution in [0, 0.1) is 0 Å². The van der Waals surface area contributed by atoms with Crippen LogP contribution in [0.3, 0.4) is 0 Å². The third-order valence-corrected chi connectivity index (χ3v) is 4.85. The molecule has 1 fully saturated rings. The van der Waals surface area contributed by atoms with E-state index < -0.39 is 10.0 Å². The zero-order chi connectivity index (χ0) is 8.48. The molecule has 0 aromatic rings. The lowest BCUT2D eigenvalue weighted by Crippen LogP contribution is -2.40. The molecule has 0 amide bonds. The quantitative estimate of drug-likeness (QED) is 0.413. The lowest BCUT2D eigenvalue weighted by molar-refractivity contribution is 0.388. The Morgan fingerprint density at radius 1 is 1.45 bits per heavy atom. The van der Waals surface area contributed by atoms with Crippen LogP contribution in [-0.2, 0) is 10.0 Å². The molecule has 1 unspecified atom stereocenters. The summed E-state index contributed by atoms with van der Waals surface area (Å²) in [4.78, 5) is 0. The second kappa shape index (κ2) is 3.57. The van der Waals surface area contributed by atoms with E-state index in [9.17, 15) is 8.42 Å². The van der Waals surface area contributed by atoms with Crippen molar-refractivity contribution in [2.24, 2.45) is 0 Å². The van der Waals surface area contributed by atoms with Gasteiger partial charge in [-0.1, -0.05) is 22.6 Å². The van der Waals surface area contributed by atoms with Crippen molar-refractivity contribution in [1.82, 2.24) is 4.31 Å². The van der Waals surface area contributed by atoms with E-state index in [1.54, 1.807) is 4.31 Å². The number of halogens is 1. The third-order valence-electron chi connectivity index (χ3n) is 1.78. The largest absolute Gasteiger partial charge is 0.215 e. The molecule has 1 rings (SSSR count). The minimum absolute atomic E-state index is 0.0953. The number of sulfonamides is 1. The summed E-state index contributed by atoms with van der Waals surface area (Å²) in [6.07, 6.45) is 1.83. The molecule has 1 aliphatic rings. The SMILES string of the molecule is CC(I)N1CCCCS1(=O)=O. The maximum absolute atomic E-state index is 11.3. The predicted octanol–water partition coefficient (Wildman–Crippen LogP) is 1.19. The molecule has 1 heterocycles. The maximum Gasteiger partial charge on any atom is 0.215 e. The second-order valence-electron chi connectivity index (χ2n) is 2.71. The topological polar surface area (TPSA) is 37.4 Å². The van der Waals surface area contributed by atoms with Crippen molar-refractivity contribution in [3.63, 3.8) is 0 Å². The third kappa shape index (κ3) is 2.29. The van der Waals surface area contributed by atoms with E-state index in [0.717, 1.165) is 12.8 Å². The van der Waals surface area contributed by atoms with E-state index in [0.29, 0.717) is 12.3 Å². The molecule has 0 aromatic carbocycles. The molecule has 0 spiro atoms. The van der Waals surface area contributed by atoms with Crippen LogP contribution >= 0.6 is 22.6 Å². The van der Waals surface area contributed by atoms with E-state index in [1.165, 1.54) is 0 Å². The molecule has 0 radical (unpaired) electrons. The van der Waals surface area contributed by atoms with Gasteiger partial charge in [0.15, 0.2) is 0 Å². The Morgan fingerprint density at radius 3 is 2.45 bits per heavy atom. The fraction of sp³-hybridized carbons (Fsp3) is 1.00. The van der Waals surface area contributed by atoms with Crippen LogP contribution in [0.5, 0.6) is 0 Å². The van der Waals surface area contributed by atoms with Crippen molar-refractivity contribution in [2.75, 3.05) is 12.3 Å². The summed E-state index contributed by atoms with van der Waals surface area (Å²) in [6, 6.07) is 0. The maximum atomic E-state index is 11.3. The van der Waals surface area contributed by atoms with Gasteiger partial charge in [0.05, 0.1) is 9.80 Å².